The molecule has 4 aromatic carbocycles. The topological polar surface area (TPSA) is 61.4 Å². The van der Waals surface area contributed by atoms with Crippen molar-refractivity contribution in [2.24, 2.45) is 5.92 Å². The van der Waals surface area contributed by atoms with E-state index in [1.165, 1.54) is 5.56 Å². The second-order valence-corrected chi connectivity index (χ2v) is 10.2. The number of benzene rings is 4. The normalized spacial score (nSPS) is 15.3. The largest absolute Gasteiger partial charge is 0.361 e. The van der Waals surface area contributed by atoms with E-state index in [0.29, 0.717) is 24.4 Å². The lowest BCUT2D eigenvalue weighted by Gasteiger charge is -2.28. The minimum Gasteiger partial charge on any atom is -0.361 e. The molecule has 1 aliphatic heterocycles. The van der Waals surface area contributed by atoms with Gasteiger partial charge in [0.2, 0.25) is 0 Å². The quantitative estimate of drug-likeness (QED) is 0.270. The third-order valence-electron chi connectivity index (χ3n) is 6.86. The lowest BCUT2D eigenvalue weighted by molar-refractivity contribution is 0.0720. The highest BCUT2D eigenvalue weighted by Crippen LogP contribution is 2.35. The molecular weight excluding hydrogens is 470 g/mol. The van der Waals surface area contributed by atoms with Gasteiger partial charge in [-0.25, -0.2) is 0 Å². The number of amides is 2. The molecule has 1 heterocycles. The smallest absolute Gasteiger partial charge is 0.256 e. The Morgan fingerprint density at radius 3 is 2.13 bits per heavy atom. The maximum Gasteiger partial charge on any atom is 0.256 e. The van der Waals surface area contributed by atoms with Gasteiger partial charge >= 0.3 is 0 Å². The predicted molar refractivity (Wildman–Crippen MR) is 152 cm³/mol. The van der Waals surface area contributed by atoms with Crippen LogP contribution in [0.1, 0.15) is 63.5 Å². The van der Waals surface area contributed by atoms with E-state index >= 15 is 0 Å². The number of carbonyl (C=O) groups excluding carboxylic acids is 2. The summed E-state index contributed by atoms with van der Waals surface area (Å²) in [5.74, 6) is 0.273. The Morgan fingerprint density at radius 1 is 0.816 bits per heavy atom. The van der Waals surface area contributed by atoms with E-state index in [4.69, 9.17) is 0 Å². The zero-order valence-corrected chi connectivity index (χ0v) is 21.8. The maximum absolute atomic E-state index is 13.3. The van der Waals surface area contributed by atoms with Crippen LogP contribution in [0.4, 0.5) is 5.69 Å². The van der Waals surface area contributed by atoms with Gasteiger partial charge in [-0.15, -0.1) is 0 Å². The summed E-state index contributed by atoms with van der Waals surface area (Å²) in [6.07, 6.45) is 0.464. The van der Waals surface area contributed by atoms with Crippen LogP contribution in [0.25, 0.3) is 0 Å². The fraction of sp³-hybridized carbons (Fsp3) is 0.212. The molecule has 2 N–H and O–H groups in total. The molecule has 2 unspecified atom stereocenters. The van der Waals surface area contributed by atoms with Gasteiger partial charge in [0.15, 0.2) is 0 Å². The molecule has 5 rings (SSSR count). The van der Waals surface area contributed by atoms with Crippen LogP contribution >= 0.6 is 0 Å². The highest BCUT2D eigenvalue weighted by Gasteiger charge is 2.36. The molecule has 1 aliphatic rings. The Bertz CT molecular complexity index is 1380. The molecule has 0 fully saturated rings. The molecule has 0 aromatic heterocycles. The van der Waals surface area contributed by atoms with Crippen LogP contribution in [-0.4, -0.2) is 23.3 Å². The molecule has 2 amide bonds. The van der Waals surface area contributed by atoms with Crippen molar-refractivity contribution >= 4 is 17.5 Å². The van der Waals surface area contributed by atoms with Crippen LogP contribution in [0.2, 0.25) is 0 Å². The van der Waals surface area contributed by atoms with E-state index < -0.39 is 0 Å². The summed E-state index contributed by atoms with van der Waals surface area (Å²) >= 11 is 0. The second-order valence-electron chi connectivity index (χ2n) is 10.2. The number of hydrogen-bond donors (Lipinski definition) is 2. The van der Waals surface area contributed by atoms with Crippen molar-refractivity contribution in [1.82, 2.24) is 10.2 Å². The SMILES string of the molecule is CC(C)CN1C(=O)c2ccccc2C1Nc1ccc(C(=O)NC(Cc2ccccc2)c2ccccc2)cc1. The minimum atomic E-state index is -0.242. The van der Waals surface area contributed by atoms with Crippen LogP contribution in [0.15, 0.2) is 109 Å². The summed E-state index contributed by atoms with van der Waals surface area (Å²) in [7, 11) is 0. The van der Waals surface area contributed by atoms with E-state index in [-0.39, 0.29) is 24.0 Å². The Morgan fingerprint density at radius 2 is 1.45 bits per heavy atom. The third kappa shape index (κ3) is 5.62. The molecule has 0 saturated heterocycles. The first-order valence-corrected chi connectivity index (χ1v) is 13.2. The number of nitrogens with zero attached hydrogens (tertiary/aromatic N) is 1. The third-order valence-corrected chi connectivity index (χ3v) is 6.86. The Hall–Kier alpha value is -4.38. The summed E-state index contributed by atoms with van der Waals surface area (Å²) in [6.45, 7) is 4.89. The molecule has 38 heavy (non-hydrogen) atoms. The molecule has 192 valence electrons. The number of rotatable bonds is 9. The summed E-state index contributed by atoms with van der Waals surface area (Å²) in [5.41, 5.74) is 5.40. The average Bonchev–Trinajstić information content (AvgIpc) is 3.20. The Balaban J connectivity index is 1.32. The summed E-state index contributed by atoms with van der Waals surface area (Å²) < 4.78 is 0. The fourth-order valence-corrected chi connectivity index (χ4v) is 5.01. The van der Waals surface area contributed by atoms with Gasteiger partial charge in [0.05, 0.1) is 6.04 Å². The molecule has 0 aliphatic carbocycles. The molecule has 5 nitrogen and oxygen atoms in total. The molecule has 0 bridgehead atoms. The molecular formula is C33H33N3O2. The van der Waals surface area contributed by atoms with Crippen LogP contribution in [0.3, 0.4) is 0 Å². The van der Waals surface area contributed by atoms with Gasteiger partial charge in [0.25, 0.3) is 11.8 Å². The lowest BCUT2D eigenvalue weighted by atomic mass is 9.98. The van der Waals surface area contributed by atoms with Gasteiger partial charge in [0.1, 0.15) is 6.17 Å². The Kier molecular flexibility index (Phi) is 7.55. The standard InChI is InChI=1S/C33H33N3O2/c1-23(2)22-36-31(28-15-9-10-16-29(28)33(36)38)34-27-19-17-26(18-20-27)32(37)35-30(25-13-7-4-8-14-25)21-24-11-5-3-6-12-24/h3-20,23,30-31,34H,21-22H2,1-2H3,(H,35,37). The molecule has 0 radical (unpaired) electrons. The van der Waals surface area contributed by atoms with E-state index in [1.807, 2.05) is 102 Å². The van der Waals surface area contributed by atoms with Crippen LogP contribution in [0.5, 0.6) is 0 Å². The number of hydrogen-bond acceptors (Lipinski definition) is 3. The van der Waals surface area contributed by atoms with Gasteiger partial charge in [0, 0.05) is 28.9 Å². The molecule has 4 aromatic rings. The van der Waals surface area contributed by atoms with Crippen LogP contribution < -0.4 is 10.6 Å². The molecule has 0 spiro atoms. The lowest BCUT2D eigenvalue weighted by Crippen LogP contribution is -2.35. The van der Waals surface area contributed by atoms with Crippen LogP contribution in [-0.2, 0) is 6.42 Å². The van der Waals surface area contributed by atoms with Crippen LogP contribution in [0, 0.1) is 5.92 Å². The van der Waals surface area contributed by atoms with E-state index in [9.17, 15) is 9.59 Å². The second kappa shape index (κ2) is 11.3. The van der Waals surface area contributed by atoms with Gasteiger partial charge < -0.3 is 15.5 Å². The van der Waals surface area contributed by atoms with Crippen molar-refractivity contribution in [3.8, 4) is 0 Å². The van der Waals surface area contributed by atoms with E-state index in [2.05, 4.69) is 36.6 Å². The summed E-state index contributed by atoms with van der Waals surface area (Å²) in [6, 6.07) is 35.3. The van der Waals surface area contributed by atoms with Crippen molar-refractivity contribution in [2.75, 3.05) is 11.9 Å². The van der Waals surface area contributed by atoms with Crippen molar-refractivity contribution in [3.05, 3.63) is 137 Å². The average molecular weight is 504 g/mol. The Labute approximate surface area is 224 Å². The molecule has 5 heteroatoms. The number of nitrogens with one attached hydrogen (secondary N) is 2. The van der Waals surface area contributed by atoms with Gasteiger partial charge in [-0.3, -0.25) is 9.59 Å². The predicted octanol–water partition coefficient (Wildman–Crippen LogP) is 6.62. The highest BCUT2D eigenvalue weighted by molar-refractivity contribution is 5.99. The fourth-order valence-electron chi connectivity index (χ4n) is 5.01. The summed E-state index contributed by atoms with van der Waals surface area (Å²) in [4.78, 5) is 28.2. The van der Waals surface area contributed by atoms with Crippen molar-refractivity contribution in [3.63, 3.8) is 0 Å². The zero-order chi connectivity index (χ0) is 26.5. The minimum absolute atomic E-state index is 0.0492. The van der Waals surface area contributed by atoms with E-state index in [1.54, 1.807) is 0 Å². The van der Waals surface area contributed by atoms with Gasteiger partial charge in [-0.1, -0.05) is 92.7 Å². The van der Waals surface area contributed by atoms with Gasteiger partial charge in [-0.05, 0) is 53.8 Å². The first-order chi connectivity index (χ1) is 18.5. The van der Waals surface area contributed by atoms with Crippen molar-refractivity contribution in [1.29, 1.82) is 0 Å². The molecule has 2 atom stereocenters. The maximum atomic E-state index is 13.3. The number of carbonyl (C=O) groups is 2. The van der Waals surface area contributed by atoms with E-state index in [0.717, 1.165) is 22.4 Å². The zero-order valence-electron chi connectivity index (χ0n) is 21.8. The monoisotopic (exact) mass is 503 g/mol. The first-order valence-electron chi connectivity index (χ1n) is 13.2. The highest BCUT2D eigenvalue weighted by atomic mass is 16.2. The first kappa shape index (κ1) is 25.3. The number of fused-ring (bicyclic) bond motifs is 1. The van der Waals surface area contributed by atoms with Gasteiger partial charge in [-0.2, -0.15) is 0 Å². The summed E-state index contributed by atoms with van der Waals surface area (Å²) in [5, 5.41) is 6.75. The molecule has 0 saturated carbocycles. The number of anilines is 1. The van der Waals surface area contributed by atoms with Crippen molar-refractivity contribution < 1.29 is 9.59 Å². The van der Waals surface area contributed by atoms with Crippen molar-refractivity contribution in [2.45, 2.75) is 32.5 Å².